The van der Waals surface area contributed by atoms with Crippen LogP contribution in [0.4, 0.5) is 18.9 Å². The Balaban J connectivity index is 2.57. The van der Waals surface area contributed by atoms with Crippen LogP contribution in [0.5, 0.6) is 0 Å². The van der Waals surface area contributed by atoms with Crippen LogP contribution in [0.1, 0.15) is 5.69 Å². The second-order valence-electron chi connectivity index (χ2n) is 3.33. The van der Waals surface area contributed by atoms with Crippen molar-refractivity contribution < 1.29 is 13.2 Å². The van der Waals surface area contributed by atoms with Gasteiger partial charge < -0.3 is 5.73 Å². The molecule has 0 bridgehead atoms. The quantitative estimate of drug-likeness (QED) is 0.879. The molecule has 0 unspecified atom stereocenters. The lowest BCUT2D eigenvalue weighted by molar-refractivity contribution is -0.142. The second-order valence-corrected chi connectivity index (χ2v) is 4.25. The van der Waals surface area contributed by atoms with Crippen LogP contribution < -0.4 is 5.73 Å². The summed E-state index contributed by atoms with van der Waals surface area (Å²) in [7, 11) is 0. The zero-order valence-corrected chi connectivity index (χ0v) is 9.96. The van der Waals surface area contributed by atoms with Gasteiger partial charge in [-0.25, -0.2) is 4.68 Å². The van der Waals surface area contributed by atoms with Crippen molar-refractivity contribution in [2.75, 3.05) is 5.73 Å². The molecule has 0 saturated heterocycles. The normalized spacial score (nSPS) is 11.8. The Bertz CT molecular complexity index is 531. The maximum atomic E-state index is 12.8. The Labute approximate surface area is 103 Å². The van der Waals surface area contributed by atoms with Gasteiger partial charge in [-0.15, -0.1) is 0 Å². The molecular formula is C10H7BrF3N3. The fourth-order valence-electron chi connectivity index (χ4n) is 1.42. The van der Waals surface area contributed by atoms with Crippen molar-refractivity contribution in [3.05, 3.63) is 40.6 Å². The Morgan fingerprint density at radius 3 is 2.29 bits per heavy atom. The first kappa shape index (κ1) is 12.0. The first-order valence-corrected chi connectivity index (χ1v) is 5.35. The number of nitrogens with two attached hydrogens (primary N) is 1. The Morgan fingerprint density at radius 1 is 1.18 bits per heavy atom. The smallest absolute Gasteiger partial charge is 0.396 e. The topological polar surface area (TPSA) is 43.8 Å². The first-order valence-electron chi connectivity index (χ1n) is 4.56. The number of aromatic nitrogens is 2. The number of hydrogen-bond acceptors (Lipinski definition) is 2. The van der Waals surface area contributed by atoms with Gasteiger partial charge in [0.2, 0.25) is 0 Å². The van der Waals surface area contributed by atoms with E-state index in [2.05, 4.69) is 21.0 Å². The Hall–Kier alpha value is -1.50. The van der Waals surface area contributed by atoms with Gasteiger partial charge in [-0.1, -0.05) is 15.9 Å². The van der Waals surface area contributed by atoms with Crippen molar-refractivity contribution in [1.29, 1.82) is 0 Å². The third kappa shape index (κ3) is 2.28. The number of benzene rings is 1. The second kappa shape index (κ2) is 4.06. The molecule has 0 aliphatic rings. The van der Waals surface area contributed by atoms with Crippen LogP contribution in [0.3, 0.4) is 0 Å². The van der Waals surface area contributed by atoms with E-state index in [4.69, 9.17) is 5.73 Å². The van der Waals surface area contributed by atoms with Crippen molar-refractivity contribution >= 4 is 21.6 Å². The minimum absolute atomic E-state index is 0.303. The Kier molecular flexibility index (Phi) is 2.86. The van der Waals surface area contributed by atoms with Crippen molar-refractivity contribution in [3.8, 4) is 5.69 Å². The van der Waals surface area contributed by atoms with E-state index in [1.807, 2.05) is 0 Å². The number of rotatable bonds is 1. The summed E-state index contributed by atoms with van der Waals surface area (Å²) in [6.07, 6.45) is -3.54. The van der Waals surface area contributed by atoms with Crippen LogP contribution in [0.2, 0.25) is 0 Å². The average Bonchev–Trinajstić information content (AvgIpc) is 2.61. The summed E-state index contributed by atoms with van der Waals surface area (Å²) in [6.45, 7) is 0. The molecule has 0 aliphatic carbocycles. The molecule has 7 heteroatoms. The summed E-state index contributed by atoms with van der Waals surface area (Å²) in [5.41, 5.74) is 4.24. The van der Waals surface area contributed by atoms with Crippen molar-refractivity contribution in [2.24, 2.45) is 0 Å². The van der Waals surface area contributed by atoms with E-state index in [0.717, 1.165) is 15.4 Å². The number of halogens is 4. The largest absolute Gasteiger partial charge is 0.435 e. The van der Waals surface area contributed by atoms with E-state index in [0.29, 0.717) is 5.69 Å². The summed E-state index contributed by atoms with van der Waals surface area (Å²) in [6, 6.07) is 6.30. The van der Waals surface area contributed by atoms with E-state index in [1.165, 1.54) is 12.1 Å². The minimum atomic E-state index is -4.53. The summed E-state index contributed by atoms with van der Waals surface area (Å²) < 4.78 is 39.8. The zero-order chi connectivity index (χ0) is 12.6. The third-order valence-corrected chi connectivity index (χ3v) is 2.67. The molecule has 0 radical (unpaired) electrons. The van der Waals surface area contributed by atoms with Gasteiger partial charge in [0, 0.05) is 4.47 Å². The minimum Gasteiger partial charge on any atom is -0.396 e. The van der Waals surface area contributed by atoms with Crippen molar-refractivity contribution in [3.63, 3.8) is 0 Å². The van der Waals surface area contributed by atoms with E-state index < -0.39 is 11.9 Å². The monoisotopic (exact) mass is 305 g/mol. The van der Waals surface area contributed by atoms with Gasteiger partial charge in [0.15, 0.2) is 5.69 Å². The molecule has 90 valence electrons. The molecule has 2 aromatic rings. The molecule has 1 aromatic carbocycles. The van der Waals surface area contributed by atoms with Crippen LogP contribution in [-0.2, 0) is 6.18 Å². The van der Waals surface area contributed by atoms with Gasteiger partial charge in [0.1, 0.15) is 0 Å². The molecular weight excluding hydrogens is 299 g/mol. The highest BCUT2D eigenvalue weighted by Gasteiger charge is 2.38. The van der Waals surface area contributed by atoms with Crippen LogP contribution in [0.15, 0.2) is 34.9 Å². The molecule has 1 aromatic heterocycles. The van der Waals surface area contributed by atoms with Crippen molar-refractivity contribution in [1.82, 2.24) is 9.78 Å². The maximum absolute atomic E-state index is 12.8. The molecule has 0 spiro atoms. The lowest BCUT2D eigenvalue weighted by atomic mass is 10.3. The number of anilines is 1. The van der Waals surface area contributed by atoms with Gasteiger partial charge in [-0.05, 0) is 24.3 Å². The molecule has 3 nitrogen and oxygen atoms in total. The van der Waals surface area contributed by atoms with Gasteiger partial charge in [0.25, 0.3) is 0 Å². The zero-order valence-electron chi connectivity index (χ0n) is 8.37. The number of hydrogen-bond donors (Lipinski definition) is 1. The average molecular weight is 306 g/mol. The molecule has 0 amide bonds. The van der Waals surface area contributed by atoms with Crippen LogP contribution >= 0.6 is 15.9 Å². The first-order chi connectivity index (χ1) is 7.89. The van der Waals surface area contributed by atoms with E-state index >= 15 is 0 Å². The third-order valence-electron chi connectivity index (χ3n) is 2.14. The van der Waals surface area contributed by atoms with Gasteiger partial charge in [0.05, 0.1) is 17.6 Å². The van der Waals surface area contributed by atoms with Crippen LogP contribution in [-0.4, -0.2) is 9.78 Å². The number of alkyl halides is 3. The highest BCUT2D eigenvalue weighted by atomic mass is 79.9. The molecule has 17 heavy (non-hydrogen) atoms. The molecule has 2 N–H and O–H groups in total. The standard InChI is InChI=1S/C10H7BrF3N3/c11-6-1-3-7(4-2-6)17-9(10(12,13)14)8(15)5-16-17/h1-5H,15H2. The summed E-state index contributed by atoms with van der Waals surface area (Å²) in [4.78, 5) is 0. The highest BCUT2D eigenvalue weighted by Crippen LogP contribution is 2.34. The molecule has 0 fully saturated rings. The van der Waals surface area contributed by atoms with Crippen LogP contribution in [0.25, 0.3) is 5.69 Å². The number of nitrogen functional groups attached to an aromatic ring is 1. The molecule has 0 saturated carbocycles. The predicted octanol–water partition coefficient (Wildman–Crippen LogP) is 3.24. The van der Waals surface area contributed by atoms with E-state index in [-0.39, 0.29) is 5.69 Å². The van der Waals surface area contributed by atoms with E-state index in [9.17, 15) is 13.2 Å². The number of nitrogens with zero attached hydrogens (tertiary/aromatic N) is 2. The highest BCUT2D eigenvalue weighted by molar-refractivity contribution is 9.10. The van der Waals surface area contributed by atoms with Gasteiger partial charge >= 0.3 is 6.18 Å². The summed E-state index contributed by atoms with van der Waals surface area (Å²) >= 11 is 3.20. The predicted molar refractivity (Wildman–Crippen MR) is 60.7 cm³/mol. The maximum Gasteiger partial charge on any atom is 0.435 e. The summed E-state index contributed by atoms with van der Waals surface area (Å²) in [5, 5.41) is 3.64. The van der Waals surface area contributed by atoms with Gasteiger partial charge in [-0.3, -0.25) is 0 Å². The van der Waals surface area contributed by atoms with Crippen molar-refractivity contribution in [2.45, 2.75) is 6.18 Å². The molecule has 0 aliphatic heterocycles. The lowest BCUT2D eigenvalue weighted by Gasteiger charge is -2.11. The summed E-state index contributed by atoms with van der Waals surface area (Å²) in [5.74, 6) is 0. The lowest BCUT2D eigenvalue weighted by Crippen LogP contribution is -2.15. The molecule has 2 rings (SSSR count). The van der Waals surface area contributed by atoms with E-state index in [1.54, 1.807) is 12.1 Å². The fourth-order valence-corrected chi connectivity index (χ4v) is 1.69. The molecule has 1 heterocycles. The Morgan fingerprint density at radius 2 is 1.76 bits per heavy atom. The fraction of sp³-hybridized carbons (Fsp3) is 0.100. The molecule has 0 atom stereocenters. The van der Waals surface area contributed by atoms with Gasteiger partial charge in [-0.2, -0.15) is 18.3 Å². The SMILES string of the molecule is Nc1cnn(-c2ccc(Br)cc2)c1C(F)(F)F. The van der Waals surface area contributed by atoms with Crippen LogP contribution in [0, 0.1) is 0 Å².